The van der Waals surface area contributed by atoms with Gasteiger partial charge in [0.15, 0.2) is 11.6 Å². The summed E-state index contributed by atoms with van der Waals surface area (Å²) in [6.07, 6.45) is 0.915. The highest BCUT2D eigenvalue weighted by Crippen LogP contribution is 2.64. The highest BCUT2D eigenvalue weighted by atomic mass is 19.3. The average Bonchev–Trinajstić information content (AvgIpc) is 3.09. The number of nitrogens with two attached hydrogens (primary N) is 1. The first-order chi connectivity index (χ1) is 15.4. The number of alkyl halides is 4. The van der Waals surface area contributed by atoms with Gasteiger partial charge in [-0.25, -0.2) is 13.8 Å². The Hall–Kier alpha value is -2.40. The highest BCUT2D eigenvalue weighted by molar-refractivity contribution is 5.64. The second-order valence-corrected chi connectivity index (χ2v) is 8.64. The summed E-state index contributed by atoms with van der Waals surface area (Å²) in [6, 6.07) is 3.61. The third-order valence-corrected chi connectivity index (χ3v) is 6.84. The van der Waals surface area contributed by atoms with Crippen molar-refractivity contribution in [3.05, 3.63) is 24.0 Å². The van der Waals surface area contributed by atoms with Crippen LogP contribution in [-0.2, 0) is 11.3 Å². The second-order valence-electron chi connectivity index (χ2n) is 8.64. The predicted molar refractivity (Wildman–Crippen MR) is 108 cm³/mol. The number of rotatable bonds is 7. The van der Waals surface area contributed by atoms with Crippen molar-refractivity contribution in [2.24, 2.45) is 11.8 Å². The third kappa shape index (κ3) is 4.15. The van der Waals surface area contributed by atoms with E-state index in [1.165, 1.54) is 16.9 Å². The Labute approximate surface area is 182 Å². The fourth-order valence-electron chi connectivity index (χ4n) is 5.39. The average molecular weight is 455 g/mol. The van der Waals surface area contributed by atoms with E-state index in [4.69, 9.17) is 10.5 Å². The predicted octanol–water partition coefficient (Wildman–Crippen LogP) is 3.22. The molecule has 0 aromatic carbocycles. The number of fused-ring (bicyclic) bond motifs is 1. The molecule has 2 aromatic heterocycles. The minimum absolute atomic E-state index is 0.174. The van der Waals surface area contributed by atoms with Crippen molar-refractivity contribution >= 4 is 5.82 Å². The lowest BCUT2D eigenvalue weighted by Crippen LogP contribution is -2.43. The van der Waals surface area contributed by atoms with E-state index in [0.29, 0.717) is 29.1 Å². The van der Waals surface area contributed by atoms with Crippen LogP contribution in [0.3, 0.4) is 0 Å². The molecular formula is C21H25F4N5O2. The monoisotopic (exact) mass is 455 g/mol. The molecule has 3 aliphatic rings. The van der Waals surface area contributed by atoms with E-state index >= 15 is 0 Å². The molecule has 5 rings (SSSR count). The van der Waals surface area contributed by atoms with Crippen molar-refractivity contribution in [3.8, 4) is 17.0 Å². The topological polar surface area (TPSA) is 78.4 Å². The Morgan fingerprint density at radius 2 is 1.84 bits per heavy atom. The quantitative estimate of drug-likeness (QED) is 0.646. The second kappa shape index (κ2) is 8.51. The molecule has 11 heteroatoms. The van der Waals surface area contributed by atoms with Crippen LogP contribution in [0.15, 0.2) is 18.3 Å². The van der Waals surface area contributed by atoms with Crippen LogP contribution in [-0.4, -0.2) is 65.0 Å². The maximum atomic E-state index is 13.2. The fourth-order valence-corrected chi connectivity index (χ4v) is 5.39. The van der Waals surface area contributed by atoms with Crippen molar-refractivity contribution in [3.63, 3.8) is 0 Å². The van der Waals surface area contributed by atoms with E-state index in [-0.39, 0.29) is 17.5 Å². The minimum atomic E-state index is -3.05. The Morgan fingerprint density at radius 1 is 1.12 bits per heavy atom. The lowest BCUT2D eigenvalue weighted by molar-refractivity contribution is -0.0494. The van der Waals surface area contributed by atoms with Crippen molar-refractivity contribution < 1.29 is 27.0 Å². The fraction of sp³-hybridized carbons (Fsp3) is 0.619. The number of nitrogen functional groups attached to an aromatic ring is 1. The van der Waals surface area contributed by atoms with E-state index in [0.717, 1.165) is 44.8 Å². The number of hydrogen-bond donors (Lipinski definition) is 1. The summed E-state index contributed by atoms with van der Waals surface area (Å²) < 4.78 is 63.0. The van der Waals surface area contributed by atoms with E-state index in [1.54, 1.807) is 6.07 Å². The van der Waals surface area contributed by atoms with Crippen LogP contribution in [0.25, 0.3) is 11.3 Å². The van der Waals surface area contributed by atoms with Crippen LogP contribution in [0, 0.1) is 11.8 Å². The van der Waals surface area contributed by atoms with Crippen LogP contribution in [0.2, 0.25) is 0 Å². The van der Waals surface area contributed by atoms with Gasteiger partial charge < -0.3 is 15.2 Å². The molecule has 1 saturated heterocycles. The number of anilines is 1. The molecule has 3 fully saturated rings. The molecular weight excluding hydrogens is 430 g/mol. The van der Waals surface area contributed by atoms with Gasteiger partial charge in [-0.3, -0.25) is 9.58 Å². The van der Waals surface area contributed by atoms with Crippen molar-refractivity contribution in [1.82, 2.24) is 19.7 Å². The largest absolute Gasteiger partial charge is 0.431 e. The Kier molecular flexibility index (Phi) is 5.70. The Bertz CT molecular complexity index is 954. The number of pyridine rings is 1. The van der Waals surface area contributed by atoms with Gasteiger partial charge in [-0.1, -0.05) is 0 Å². The molecule has 0 amide bonds. The number of hydrogen-bond acceptors (Lipinski definition) is 6. The van der Waals surface area contributed by atoms with E-state index in [9.17, 15) is 17.6 Å². The molecule has 32 heavy (non-hydrogen) atoms. The summed E-state index contributed by atoms with van der Waals surface area (Å²) in [5, 5.41) is 4.35. The van der Waals surface area contributed by atoms with E-state index in [1.807, 2.05) is 0 Å². The molecule has 4 atom stereocenters. The highest BCUT2D eigenvalue weighted by Gasteiger charge is 2.58. The maximum absolute atomic E-state index is 13.2. The number of ether oxygens (including phenoxy) is 2. The van der Waals surface area contributed by atoms with Crippen molar-refractivity contribution in [1.29, 1.82) is 0 Å². The van der Waals surface area contributed by atoms with E-state index < -0.39 is 19.6 Å². The molecule has 2 saturated carbocycles. The number of halogens is 4. The van der Waals surface area contributed by atoms with Crippen LogP contribution in [0.4, 0.5) is 23.4 Å². The van der Waals surface area contributed by atoms with E-state index in [2.05, 4.69) is 19.7 Å². The molecule has 2 aliphatic carbocycles. The summed E-state index contributed by atoms with van der Waals surface area (Å²) in [4.78, 5) is 6.37. The standard InChI is InChI=1S/C21H25F4N5O2/c22-18(23)10-30-16(19-13-6-12(7-14(13)19)29-1-3-31-4-2-29)8-15(28-30)11-5-17(32-21(24)25)20(26)27-9-11/h5,8-9,12-14,18-19,21H,1-4,6-7,10H2,(H2,26,27)/t12-,13-,14+,19+. The summed E-state index contributed by atoms with van der Waals surface area (Å²) in [5.74, 6) is 0.647. The maximum Gasteiger partial charge on any atom is 0.387 e. The van der Waals surface area contributed by atoms with Crippen LogP contribution in [0.1, 0.15) is 24.5 Å². The molecule has 2 N–H and O–H groups in total. The van der Waals surface area contributed by atoms with Gasteiger partial charge in [0.05, 0.1) is 18.9 Å². The number of aromatic nitrogens is 3. The number of nitrogens with zero attached hydrogens (tertiary/aromatic N) is 4. The molecule has 3 heterocycles. The third-order valence-electron chi connectivity index (χ3n) is 6.84. The summed E-state index contributed by atoms with van der Waals surface area (Å²) >= 11 is 0. The van der Waals surface area contributed by atoms with Gasteiger partial charge in [0.1, 0.15) is 6.54 Å². The minimum Gasteiger partial charge on any atom is -0.431 e. The summed E-state index contributed by atoms with van der Waals surface area (Å²) in [6.45, 7) is -0.169. The molecule has 0 unspecified atom stereocenters. The first-order valence-corrected chi connectivity index (χ1v) is 10.8. The molecule has 0 radical (unpaired) electrons. The van der Waals surface area contributed by atoms with Gasteiger partial charge >= 0.3 is 6.61 Å². The lowest BCUT2D eigenvalue weighted by Gasteiger charge is -2.33. The molecule has 7 nitrogen and oxygen atoms in total. The summed E-state index contributed by atoms with van der Waals surface area (Å²) in [5.41, 5.74) is 7.15. The molecule has 2 aromatic rings. The Morgan fingerprint density at radius 3 is 2.50 bits per heavy atom. The van der Waals surface area contributed by atoms with Gasteiger partial charge in [0.2, 0.25) is 0 Å². The normalized spacial score (nSPS) is 27.8. The first-order valence-electron chi connectivity index (χ1n) is 10.8. The zero-order chi connectivity index (χ0) is 22.4. The van der Waals surface area contributed by atoms with Crippen molar-refractivity contribution in [2.75, 3.05) is 32.0 Å². The molecule has 0 bridgehead atoms. The van der Waals surface area contributed by atoms with Crippen molar-refractivity contribution in [2.45, 2.75) is 44.4 Å². The van der Waals surface area contributed by atoms with Gasteiger partial charge in [-0.05, 0) is 36.8 Å². The molecule has 1 aliphatic heterocycles. The molecule has 0 spiro atoms. The molecule has 174 valence electrons. The van der Waals surface area contributed by atoms with Gasteiger partial charge in [-0.15, -0.1) is 0 Å². The zero-order valence-electron chi connectivity index (χ0n) is 17.3. The lowest BCUT2D eigenvalue weighted by atomic mass is 10.0. The van der Waals surface area contributed by atoms with Crippen LogP contribution >= 0.6 is 0 Å². The zero-order valence-corrected chi connectivity index (χ0v) is 17.3. The van der Waals surface area contributed by atoms with Gasteiger partial charge in [-0.2, -0.15) is 13.9 Å². The van der Waals surface area contributed by atoms with Crippen LogP contribution < -0.4 is 10.5 Å². The number of morpholine rings is 1. The van der Waals surface area contributed by atoms with Crippen LogP contribution in [0.5, 0.6) is 5.75 Å². The van der Waals surface area contributed by atoms with Gasteiger partial charge in [0, 0.05) is 42.5 Å². The summed E-state index contributed by atoms with van der Waals surface area (Å²) in [7, 11) is 0. The smallest absolute Gasteiger partial charge is 0.387 e. The SMILES string of the molecule is Nc1ncc(-c2cc([C@H]3[C@@H]4C[C@@H](N5CCOCC5)C[C@@H]43)n(CC(F)F)n2)cc1OC(F)F. The van der Waals surface area contributed by atoms with Gasteiger partial charge in [0.25, 0.3) is 6.43 Å². The Balaban J connectivity index is 1.36. The first kappa shape index (κ1) is 21.4.